The summed E-state index contributed by atoms with van der Waals surface area (Å²) in [4.78, 5) is 22.5. The van der Waals surface area contributed by atoms with Gasteiger partial charge in [0.2, 0.25) is 10.0 Å². The highest BCUT2D eigenvalue weighted by molar-refractivity contribution is 7.89. The first-order valence-corrected chi connectivity index (χ1v) is 9.77. The summed E-state index contributed by atoms with van der Waals surface area (Å²) in [5.41, 5.74) is -0.437. The summed E-state index contributed by atoms with van der Waals surface area (Å²) in [6.45, 7) is 4.45. The lowest BCUT2D eigenvalue weighted by Crippen LogP contribution is -2.30. The number of hydrogen-bond acceptors (Lipinski definition) is 7. The summed E-state index contributed by atoms with van der Waals surface area (Å²) in [6, 6.07) is 2.18. The Morgan fingerprint density at radius 2 is 2.15 bits per heavy atom. The highest BCUT2D eigenvalue weighted by Gasteiger charge is 2.34. The van der Waals surface area contributed by atoms with Crippen LogP contribution in [0.25, 0.3) is 0 Å². The van der Waals surface area contributed by atoms with Crippen LogP contribution >= 0.6 is 0 Å². The minimum Gasteiger partial charge on any atom is -0.462 e. The van der Waals surface area contributed by atoms with Gasteiger partial charge in [0.15, 0.2) is 0 Å². The fourth-order valence-electron chi connectivity index (χ4n) is 3.05. The zero-order valence-corrected chi connectivity index (χ0v) is 15.8. The van der Waals surface area contributed by atoms with E-state index < -0.39 is 26.6 Å². The molecule has 1 aromatic carbocycles. The molecule has 0 aromatic heterocycles. The van der Waals surface area contributed by atoms with Crippen LogP contribution in [-0.2, 0) is 14.8 Å². The van der Waals surface area contributed by atoms with E-state index in [1.807, 2.05) is 0 Å². The van der Waals surface area contributed by atoms with E-state index in [1.54, 1.807) is 14.0 Å². The molecule has 1 atom stereocenters. The number of sulfonamides is 1. The van der Waals surface area contributed by atoms with E-state index in [4.69, 9.17) is 4.74 Å². The molecule has 1 aromatic rings. The number of nitro benzene ring substituents is 1. The molecule has 9 nitrogen and oxygen atoms in total. The van der Waals surface area contributed by atoms with Gasteiger partial charge in [-0.1, -0.05) is 0 Å². The molecule has 1 fully saturated rings. The van der Waals surface area contributed by atoms with Crippen molar-refractivity contribution >= 4 is 21.7 Å². The van der Waals surface area contributed by atoms with Gasteiger partial charge < -0.3 is 10.1 Å². The van der Waals surface area contributed by atoms with Crippen LogP contribution in [0.4, 0.5) is 5.69 Å². The molecular weight excluding hydrogens is 362 g/mol. The highest BCUT2D eigenvalue weighted by Crippen LogP contribution is 2.30. The van der Waals surface area contributed by atoms with Crippen LogP contribution in [0.15, 0.2) is 17.0 Å². The molecule has 0 aliphatic carbocycles. The van der Waals surface area contributed by atoms with Crippen LogP contribution in [0.2, 0.25) is 0 Å². The van der Waals surface area contributed by atoms with Gasteiger partial charge in [-0.3, -0.25) is 10.1 Å². The average molecular weight is 385 g/mol. The van der Waals surface area contributed by atoms with Gasteiger partial charge in [-0.05, 0) is 45.8 Å². The number of carbonyl (C=O) groups excluding carboxylic acids is 1. The van der Waals surface area contributed by atoms with Gasteiger partial charge >= 0.3 is 5.97 Å². The Labute approximate surface area is 152 Å². The molecule has 0 radical (unpaired) electrons. The van der Waals surface area contributed by atoms with Crippen LogP contribution in [0.5, 0.6) is 0 Å². The first kappa shape index (κ1) is 20.3. The number of benzene rings is 1. The summed E-state index contributed by atoms with van der Waals surface area (Å²) < 4.78 is 32.1. The van der Waals surface area contributed by atoms with Crippen molar-refractivity contribution < 1.29 is 22.9 Å². The molecule has 1 aliphatic rings. The molecule has 144 valence electrons. The third-order valence-electron chi connectivity index (χ3n) is 4.42. The molecule has 0 bridgehead atoms. The number of nitrogens with one attached hydrogen (secondary N) is 1. The SMILES string of the molecule is CCOC(=O)c1cc(S(=O)(=O)N2CCC(CNC)C2)cc([N+](=O)[O-])c1C. The average Bonchev–Trinajstić information content (AvgIpc) is 3.04. The number of carbonyl (C=O) groups is 1. The zero-order chi connectivity index (χ0) is 19.5. The molecule has 1 unspecified atom stereocenters. The molecule has 1 saturated heterocycles. The van der Waals surface area contributed by atoms with Crippen LogP contribution in [0, 0.1) is 23.0 Å². The Balaban J connectivity index is 2.48. The van der Waals surface area contributed by atoms with Crippen molar-refractivity contribution in [1.29, 1.82) is 0 Å². The lowest BCUT2D eigenvalue weighted by molar-refractivity contribution is -0.385. The van der Waals surface area contributed by atoms with E-state index in [0.29, 0.717) is 26.1 Å². The van der Waals surface area contributed by atoms with Crippen molar-refractivity contribution in [2.75, 3.05) is 33.3 Å². The minimum absolute atomic E-state index is 0.0842. The number of esters is 1. The Morgan fingerprint density at radius 3 is 2.73 bits per heavy atom. The molecule has 1 N–H and O–H groups in total. The van der Waals surface area contributed by atoms with Gasteiger partial charge in [0.05, 0.1) is 22.0 Å². The smallest absolute Gasteiger partial charge is 0.338 e. The number of hydrogen-bond donors (Lipinski definition) is 1. The number of nitro groups is 1. The third-order valence-corrected chi connectivity index (χ3v) is 6.27. The van der Waals surface area contributed by atoms with Crippen LogP contribution in [0.3, 0.4) is 0 Å². The molecule has 1 heterocycles. The lowest BCUT2D eigenvalue weighted by atomic mass is 10.1. The van der Waals surface area contributed by atoms with Crippen LogP contribution < -0.4 is 5.32 Å². The van der Waals surface area contributed by atoms with E-state index in [2.05, 4.69) is 5.32 Å². The first-order chi connectivity index (χ1) is 12.2. The highest BCUT2D eigenvalue weighted by atomic mass is 32.2. The lowest BCUT2D eigenvalue weighted by Gasteiger charge is -2.18. The number of ether oxygens (including phenoxy) is 1. The second-order valence-corrected chi connectivity index (χ2v) is 8.11. The van der Waals surface area contributed by atoms with Gasteiger partial charge in [-0.2, -0.15) is 4.31 Å². The predicted molar refractivity (Wildman–Crippen MR) is 94.6 cm³/mol. The Bertz CT molecular complexity index is 808. The molecule has 10 heteroatoms. The molecule has 0 saturated carbocycles. The standard InChI is InChI=1S/C16H23N3O6S/c1-4-25-16(20)14-7-13(8-15(11(14)2)19(21)22)26(23,24)18-6-5-12(10-18)9-17-3/h7-8,12,17H,4-6,9-10H2,1-3H3. The van der Waals surface area contributed by atoms with Gasteiger partial charge in [0.25, 0.3) is 5.69 Å². The van der Waals surface area contributed by atoms with Gasteiger partial charge in [0, 0.05) is 24.7 Å². The quantitative estimate of drug-likeness (QED) is 0.427. The molecule has 0 amide bonds. The second-order valence-electron chi connectivity index (χ2n) is 6.17. The van der Waals surface area contributed by atoms with Crippen molar-refractivity contribution in [3.63, 3.8) is 0 Å². The summed E-state index contributed by atoms with van der Waals surface area (Å²) in [7, 11) is -2.14. The minimum atomic E-state index is -3.94. The van der Waals surface area contributed by atoms with Gasteiger partial charge in [0.1, 0.15) is 0 Å². The third kappa shape index (κ3) is 4.02. The number of rotatable bonds is 7. The summed E-state index contributed by atoms with van der Waals surface area (Å²) in [5.74, 6) is -0.598. The zero-order valence-electron chi connectivity index (χ0n) is 15.0. The van der Waals surface area contributed by atoms with Crippen molar-refractivity contribution in [2.45, 2.75) is 25.2 Å². The maximum Gasteiger partial charge on any atom is 0.338 e. The fourth-order valence-corrected chi connectivity index (χ4v) is 4.63. The molecule has 1 aliphatic heterocycles. The second kappa shape index (κ2) is 8.11. The van der Waals surface area contributed by atoms with Gasteiger partial charge in [-0.15, -0.1) is 0 Å². The van der Waals surface area contributed by atoms with E-state index >= 15 is 0 Å². The largest absolute Gasteiger partial charge is 0.462 e. The topological polar surface area (TPSA) is 119 Å². The van der Waals surface area contributed by atoms with Gasteiger partial charge in [-0.25, -0.2) is 13.2 Å². The van der Waals surface area contributed by atoms with E-state index in [1.165, 1.54) is 17.3 Å². The number of nitrogens with zero attached hydrogens (tertiary/aromatic N) is 2. The van der Waals surface area contributed by atoms with Crippen LogP contribution in [-0.4, -0.2) is 56.9 Å². The normalized spacial score (nSPS) is 18.0. The maximum absolute atomic E-state index is 12.9. The summed E-state index contributed by atoms with van der Waals surface area (Å²) in [6.07, 6.45) is 0.707. The summed E-state index contributed by atoms with van der Waals surface area (Å²) in [5, 5.41) is 14.3. The first-order valence-electron chi connectivity index (χ1n) is 8.33. The monoisotopic (exact) mass is 385 g/mol. The van der Waals surface area contributed by atoms with Crippen molar-refractivity contribution in [3.8, 4) is 0 Å². The molecular formula is C16H23N3O6S. The van der Waals surface area contributed by atoms with Crippen molar-refractivity contribution in [3.05, 3.63) is 33.4 Å². The van der Waals surface area contributed by atoms with E-state index in [9.17, 15) is 23.3 Å². The van der Waals surface area contributed by atoms with Crippen molar-refractivity contribution in [1.82, 2.24) is 9.62 Å². The Hall–Kier alpha value is -2.04. The molecule has 0 spiro atoms. The van der Waals surface area contributed by atoms with E-state index in [-0.39, 0.29) is 28.5 Å². The predicted octanol–water partition coefficient (Wildman–Crippen LogP) is 1.31. The van der Waals surface area contributed by atoms with Crippen LogP contribution in [0.1, 0.15) is 29.3 Å². The Morgan fingerprint density at radius 1 is 1.46 bits per heavy atom. The van der Waals surface area contributed by atoms with Crippen molar-refractivity contribution in [2.24, 2.45) is 5.92 Å². The summed E-state index contributed by atoms with van der Waals surface area (Å²) >= 11 is 0. The van der Waals surface area contributed by atoms with E-state index in [0.717, 1.165) is 6.07 Å². The molecule has 2 rings (SSSR count). The fraction of sp³-hybridized carbons (Fsp3) is 0.562. The molecule has 26 heavy (non-hydrogen) atoms. The maximum atomic E-state index is 12.9. The Kier molecular flexibility index (Phi) is 6.32.